The Hall–Kier alpha value is -1.87. The van der Waals surface area contributed by atoms with Gasteiger partial charge in [0.05, 0.1) is 0 Å². The van der Waals surface area contributed by atoms with Crippen LogP contribution in [0.3, 0.4) is 0 Å². The van der Waals surface area contributed by atoms with Crippen LogP contribution >= 0.6 is 0 Å². The fourth-order valence-electron chi connectivity index (χ4n) is 3.94. The maximum absolute atomic E-state index is 12.5. The molecular weight excluding hydrogens is 260 g/mol. The van der Waals surface area contributed by atoms with Crippen LogP contribution in [0, 0.1) is 11.8 Å². The van der Waals surface area contributed by atoms with Crippen LogP contribution < -0.4 is 5.43 Å². The molecule has 1 aliphatic heterocycles. The van der Waals surface area contributed by atoms with Crippen LogP contribution in [0.15, 0.2) is 42.5 Å². The van der Waals surface area contributed by atoms with Crippen molar-refractivity contribution < 1.29 is 4.79 Å². The van der Waals surface area contributed by atoms with Gasteiger partial charge in [-0.1, -0.05) is 42.8 Å². The van der Waals surface area contributed by atoms with E-state index in [9.17, 15) is 4.79 Å². The lowest BCUT2D eigenvalue weighted by Gasteiger charge is -2.18. The van der Waals surface area contributed by atoms with E-state index in [2.05, 4.69) is 10.4 Å². The molecule has 1 heterocycles. The van der Waals surface area contributed by atoms with E-state index in [0.717, 1.165) is 41.6 Å². The van der Waals surface area contributed by atoms with Gasteiger partial charge in [-0.05, 0) is 41.9 Å². The second-order valence-electron chi connectivity index (χ2n) is 6.32. The Kier molecular flexibility index (Phi) is 3.15. The van der Waals surface area contributed by atoms with Gasteiger partial charge in [-0.15, -0.1) is 0 Å². The normalized spacial score (nSPS) is 25.1. The first-order chi connectivity index (χ1) is 10.3. The summed E-state index contributed by atoms with van der Waals surface area (Å²) in [5, 5.41) is 2.12. The van der Waals surface area contributed by atoms with Crippen molar-refractivity contribution >= 4 is 5.91 Å². The lowest BCUT2D eigenvalue weighted by Crippen LogP contribution is -2.41. The predicted octanol–water partition coefficient (Wildman–Crippen LogP) is 3.17. The van der Waals surface area contributed by atoms with E-state index in [0.29, 0.717) is 0 Å². The first kappa shape index (κ1) is 12.8. The Labute approximate surface area is 125 Å². The van der Waals surface area contributed by atoms with Crippen molar-refractivity contribution in [2.75, 3.05) is 13.1 Å². The lowest BCUT2D eigenvalue weighted by molar-refractivity contribution is 0.0815. The first-order valence-corrected chi connectivity index (χ1v) is 7.85. The number of carbonyl (C=O) groups is 1. The topological polar surface area (TPSA) is 32.3 Å². The maximum Gasteiger partial charge on any atom is 0.266 e. The van der Waals surface area contributed by atoms with Crippen molar-refractivity contribution in [1.29, 1.82) is 0 Å². The molecule has 0 aromatic carbocycles. The van der Waals surface area contributed by atoms with Crippen LogP contribution in [0.5, 0.6) is 0 Å². The van der Waals surface area contributed by atoms with Crippen molar-refractivity contribution in [3.05, 3.63) is 48.0 Å². The molecule has 0 spiro atoms. The number of nitrogens with one attached hydrogen (secondary N) is 1. The number of hydrogen-bond acceptors (Lipinski definition) is 2. The first-order valence-electron chi connectivity index (χ1n) is 7.85. The van der Waals surface area contributed by atoms with Crippen LogP contribution in [-0.4, -0.2) is 24.0 Å². The quantitative estimate of drug-likeness (QED) is 0.916. The zero-order valence-electron chi connectivity index (χ0n) is 12.1. The molecule has 3 heteroatoms. The molecule has 2 unspecified atom stereocenters. The van der Waals surface area contributed by atoms with Gasteiger partial charge in [-0.25, -0.2) is 5.01 Å². The standard InChI is InChI=1S/C18H20N2O/c21-18(19-20-11-14-6-4-7-15(14)12-20)17-10-9-13-5-2-1-3-8-16(13)17/h1-3,5,8-10,14-15H,4,6-7,11-12H2,(H,19,21). The fraction of sp³-hybridized carbons (Fsp3) is 0.389. The second kappa shape index (κ2) is 5.15. The largest absolute Gasteiger partial charge is 0.285 e. The minimum atomic E-state index is 0.0242. The summed E-state index contributed by atoms with van der Waals surface area (Å²) in [6.07, 6.45) is 4.01. The summed E-state index contributed by atoms with van der Waals surface area (Å²) in [7, 11) is 0. The van der Waals surface area contributed by atoms with Gasteiger partial charge < -0.3 is 0 Å². The zero-order valence-corrected chi connectivity index (χ0v) is 12.1. The highest BCUT2D eigenvalue weighted by Gasteiger charge is 2.36. The number of nitrogens with zero attached hydrogens (tertiary/aromatic N) is 1. The molecule has 3 nitrogen and oxygen atoms in total. The summed E-state index contributed by atoms with van der Waals surface area (Å²) in [6, 6.07) is 14.0. The third-order valence-corrected chi connectivity index (χ3v) is 5.02. The molecule has 1 N–H and O–H groups in total. The third-order valence-electron chi connectivity index (χ3n) is 5.02. The Morgan fingerprint density at radius 1 is 1.00 bits per heavy atom. The van der Waals surface area contributed by atoms with Crippen LogP contribution in [0.2, 0.25) is 0 Å². The van der Waals surface area contributed by atoms with Gasteiger partial charge in [0.15, 0.2) is 0 Å². The molecule has 2 atom stereocenters. The molecule has 0 aromatic rings. The van der Waals surface area contributed by atoms with Crippen molar-refractivity contribution in [1.82, 2.24) is 10.4 Å². The Balaban J connectivity index is 1.50. The minimum Gasteiger partial charge on any atom is -0.285 e. The predicted molar refractivity (Wildman–Crippen MR) is 82.9 cm³/mol. The number of carbonyl (C=O) groups excluding carboxylic acids is 1. The molecule has 108 valence electrons. The van der Waals surface area contributed by atoms with Gasteiger partial charge in [-0.2, -0.15) is 0 Å². The van der Waals surface area contributed by atoms with Gasteiger partial charge in [0.1, 0.15) is 0 Å². The third kappa shape index (κ3) is 2.32. The average molecular weight is 280 g/mol. The number of hydrogen-bond donors (Lipinski definition) is 1. The molecule has 1 saturated carbocycles. The van der Waals surface area contributed by atoms with Gasteiger partial charge >= 0.3 is 0 Å². The molecular formula is C18H20N2O. The maximum atomic E-state index is 12.5. The van der Waals surface area contributed by atoms with E-state index < -0.39 is 0 Å². The highest BCUT2D eigenvalue weighted by Crippen LogP contribution is 2.37. The van der Waals surface area contributed by atoms with E-state index in [1.807, 2.05) is 42.5 Å². The summed E-state index contributed by atoms with van der Waals surface area (Å²) in [4.78, 5) is 12.5. The molecule has 1 amide bonds. The van der Waals surface area contributed by atoms with E-state index in [1.165, 1.54) is 19.3 Å². The summed E-state index contributed by atoms with van der Waals surface area (Å²) in [6.45, 7) is 2.03. The zero-order chi connectivity index (χ0) is 14.2. The number of fused-ring (bicyclic) bond motifs is 2. The second-order valence-corrected chi connectivity index (χ2v) is 6.32. The minimum absolute atomic E-state index is 0.0242. The molecule has 4 rings (SSSR count). The van der Waals surface area contributed by atoms with Crippen molar-refractivity contribution in [2.45, 2.75) is 19.3 Å². The van der Waals surface area contributed by atoms with E-state index in [1.54, 1.807) is 0 Å². The molecule has 2 fully saturated rings. The summed E-state index contributed by atoms with van der Waals surface area (Å²) in [5.74, 6) is 1.61. The summed E-state index contributed by atoms with van der Waals surface area (Å²) < 4.78 is 0. The number of rotatable bonds is 2. The van der Waals surface area contributed by atoms with Crippen LogP contribution in [-0.2, 0) is 0 Å². The Bertz CT molecular complexity index is 627. The smallest absolute Gasteiger partial charge is 0.266 e. The monoisotopic (exact) mass is 280 g/mol. The molecule has 21 heavy (non-hydrogen) atoms. The van der Waals surface area contributed by atoms with Gasteiger partial charge in [-0.3, -0.25) is 10.2 Å². The van der Waals surface area contributed by atoms with E-state index >= 15 is 0 Å². The highest BCUT2D eigenvalue weighted by atomic mass is 16.2. The Morgan fingerprint density at radius 2 is 1.76 bits per heavy atom. The van der Waals surface area contributed by atoms with Crippen LogP contribution in [0.1, 0.15) is 29.6 Å². The number of amides is 1. The SMILES string of the molecule is O=C(NN1CC2CCCC2C1)c1ccc2cccccc1-2. The van der Waals surface area contributed by atoms with E-state index in [-0.39, 0.29) is 5.91 Å². The lowest BCUT2D eigenvalue weighted by atomic mass is 10.0. The van der Waals surface area contributed by atoms with Crippen LogP contribution in [0.25, 0.3) is 11.1 Å². The van der Waals surface area contributed by atoms with E-state index in [4.69, 9.17) is 0 Å². The molecule has 0 bridgehead atoms. The van der Waals surface area contributed by atoms with Gasteiger partial charge in [0, 0.05) is 18.7 Å². The van der Waals surface area contributed by atoms with Crippen molar-refractivity contribution in [3.63, 3.8) is 0 Å². The molecule has 4 aliphatic rings. The molecule has 3 aliphatic carbocycles. The summed E-state index contributed by atoms with van der Waals surface area (Å²) in [5.41, 5.74) is 6.02. The van der Waals surface area contributed by atoms with Gasteiger partial charge in [0.25, 0.3) is 5.91 Å². The van der Waals surface area contributed by atoms with Gasteiger partial charge in [0.2, 0.25) is 0 Å². The average Bonchev–Trinajstić information content (AvgIpc) is 3.10. The molecule has 1 saturated heterocycles. The summed E-state index contributed by atoms with van der Waals surface area (Å²) >= 11 is 0. The number of hydrazine groups is 1. The fourth-order valence-corrected chi connectivity index (χ4v) is 3.94. The highest BCUT2D eigenvalue weighted by molar-refractivity contribution is 6.02. The van der Waals surface area contributed by atoms with Crippen LogP contribution in [0.4, 0.5) is 0 Å². The van der Waals surface area contributed by atoms with Crippen molar-refractivity contribution in [2.24, 2.45) is 11.8 Å². The Morgan fingerprint density at radius 3 is 2.57 bits per heavy atom. The van der Waals surface area contributed by atoms with Crippen molar-refractivity contribution in [3.8, 4) is 11.1 Å². The molecule has 0 radical (unpaired) electrons. The molecule has 0 aromatic heterocycles.